The first-order valence-corrected chi connectivity index (χ1v) is 14.3. The molecule has 1 aromatic carbocycles. The number of nitrogens with zero attached hydrogens (tertiary/aromatic N) is 5. The molecule has 0 spiro atoms. The van der Waals surface area contributed by atoms with Gasteiger partial charge in [-0.15, -0.1) is 0 Å². The Morgan fingerprint density at radius 1 is 1.02 bits per heavy atom. The van der Waals surface area contributed by atoms with Crippen molar-refractivity contribution in [2.75, 3.05) is 31.2 Å². The third-order valence-electron chi connectivity index (χ3n) is 8.10. The van der Waals surface area contributed by atoms with Crippen LogP contribution in [0.2, 0.25) is 5.02 Å². The van der Waals surface area contributed by atoms with E-state index >= 15 is 0 Å². The van der Waals surface area contributed by atoms with Crippen molar-refractivity contribution in [1.29, 1.82) is 0 Å². The molecular formula is C30H33ClN6O3. The summed E-state index contributed by atoms with van der Waals surface area (Å²) in [7, 11) is 0. The van der Waals surface area contributed by atoms with Gasteiger partial charge in [0, 0.05) is 31.9 Å². The third-order valence-corrected chi connectivity index (χ3v) is 8.31. The van der Waals surface area contributed by atoms with Crippen molar-refractivity contribution >= 4 is 34.2 Å². The van der Waals surface area contributed by atoms with E-state index in [1.165, 1.54) is 0 Å². The Bertz CT molecular complexity index is 1580. The lowest BCUT2D eigenvalue weighted by atomic mass is 9.85. The van der Waals surface area contributed by atoms with Crippen molar-refractivity contribution in [1.82, 2.24) is 24.4 Å². The fourth-order valence-corrected chi connectivity index (χ4v) is 6.07. The summed E-state index contributed by atoms with van der Waals surface area (Å²) >= 11 is 6.06. The number of hydrogen-bond donors (Lipinski definition) is 1. The summed E-state index contributed by atoms with van der Waals surface area (Å²) in [5.74, 6) is 0.209. The average molecular weight is 561 g/mol. The average Bonchev–Trinajstić information content (AvgIpc) is 3.26. The van der Waals surface area contributed by atoms with Gasteiger partial charge >= 0.3 is 5.69 Å². The van der Waals surface area contributed by atoms with Crippen LogP contribution >= 0.6 is 11.6 Å². The number of morpholine rings is 1. The van der Waals surface area contributed by atoms with E-state index in [0.29, 0.717) is 42.0 Å². The van der Waals surface area contributed by atoms with Gasteiger partial charge in [-0.2, -0.15) is 0 Å². The molecule has 4 aromatic rings. The summed E-state index contributed by atoms with van der Waals surface area (Å²) < 4.78 is 9.18. The molecule has 1 saturated heterocycles. The first kappa shape index (κ1) is 26.5. The zero-order valence-electron chi connectivity index (χ0n) is 22.6. The topological polar surface area (TPSA) is 94.3 Å². The summed E-state index contributed by atoms with van der Waals surface area (Å²) in [6, 6.07) is 11.7. The number of aryl methyl sites for hydroxylation is 1. The standard InChI is InChI=1S/C30H33ClN6O3/c1-20-26(14-22(31)16-33-20)29(38)34-23-8-6-21(7-9-23)19-36-27-4-2-3-5-28(27)37(30(36)39)25-15-24(17-32-18-25)35-10-12-40-13-11-35/h2-5,14-18,21,23H,6-13,19H2,1H3,(H,34,38). The van der Waals surface area contributed by atoms with Crippen molar-refractivity contribution in [3.8, 4) is 5.69 Å². The molecule has 40 heavy (non-hydrogen) atoms. The molecule has 4 heterocycles. The van der Waals surface area contributed by atoms with Crippen molar-refractivity contribution in [3.05, 3.63) is 81.8 Å². The predicted molar refractivity (Wildman–Crippen MR) is 156 cm³/mol. The zero-order valence-corrected chi connectivity index (χ0v) is 23.3. The number of ether oxygens (including phenoxy) is 1. The van der Waals surface area contributed by atoms with Gasteiger partial charge in [-0.3, -0.25) is 23.9 Å². The molecule has 1 saturated carbocycles. The molecule has 6 rings (SSSR count). The maximum atomic E-state index is 13.9. The Kier molecular flexibility index (Phi) is 7.58. The van der Waals surface area contributed by atoms with Crippen LogP contribution in [0.15, 0.2) is 59.8 Å². The molecule has 1 amide bonds. The Labute approximate surface area is 237 Å². The van der Waals surface area contributed by atoms with Gasteiger partial charge in [-0.25, -0.2) is 4.79 Å². The monoisotopic (exact) mass is 560 g/mol. The van der Waals surface area contributed by atoms with E-state index in [0.717, 1.165) is 61.2 Å². The van der Waals surface area contributed by atoms with Crippen LogP contribution < -0.4 is 15.9 Å². The number of carbonyl (C=O) groups excluding carboxylic acids is 1. The molecule has 0 atom stereocenters. The maximum Gasteiger partial charge on any atom is 0.333 e. The summed E-state index contributed by atoms with van der Waals surface area (Å²) in [6.07, 6.45) is 8.74. The highest BCUT2D eigenvalue weighted by Gasteiger charge is 2.26. The lowest BCUT2D eigenvalue weighted by Crippen LogP contribution is -2.39. The number of para-hydroxylation sites is 2. The first-order chi connectivity index (χ1) is 19.5. The van der Waals surface area contributed by atoms with Crippen LogP contribution in [0.25, 0.3) is 16.7 Å². The second kappa shape index (κ2) is 11.4. The van der Waals surface area contributed by atoms with E-state index in [1.807, 2.05) is 48.0 Å². The molecule has 3 aromatic heterocycles. The van der Waals surface area contributed by atoms with E-state index < -0.39 is 0 Å². The largest absolute Gasteiger partial charge is 0.378 e. The van der Waals surface area contributed by atoms with Gasteiger partial charge in [0.15, 0.2) is 0 Å². The molecule has 9 nitrogen and oxygen atoms in total. The molecule has 0 radical (unpaired) electrons. The van der Waals surface area contributed by atoms with Crippen molar-refractivity contribution in [2.24, 2.45) is 5.92 Å². The van der Waals surface area contributed by atoms with Crippen LogP contribution in [0.4, 0.5) is 5.69 Å². The Hall–Kier alpha value is -3.69. The Morgan fingerprint density at radius 2 is 1.75 bits per heavy atom. The van der Waals surface area contributed by atoms with E-state index in [2.05, 4.69) is 20.2 Å². The van der Waals surface area contributed by atoms with Crippen molar-refractivity contribution in [2.45, 2.75) is 45.2 Å². The molecule has 2 aliphatic rings. The second-order valence-electron chi connectivity index (χ2n) is 10.7. The molecule has 208 valence electrons. The van der Waals surface area contributed by atoms with Crippen LogP contribution in [0.3, 0.4) is 0 Å². The minimum Gasteiger partial charge on any atom is -0.378 e. The quantitative estimate of drug-likeness (QED) is 0.376. The van der Waals surface area contributed by atoms with Crippen LogP contribution in [-0.2, 0) is 11.3 Å². The molecule has 0 unspecified atom stereocenters. The second-order valence-corrected chi connectivity index (χ2v) is 11.1. The zero-order chi connectivity index (χ0) is 27.6. The molecule has 1 N–H and O–H groups in total. The van der Waals surface area contributed by atoms with Gasteiger partial charge in [0.1, 0.15) is 0 Å². The number of aromatic nitrogens is 4. The van der Waals surface area contributed by atoms with Gasteiger partial charge in [0.25, 0.3) is 5.91 Å². The number of rotatable bonds is 6. The van der Waals surface area contributed by atoms with Gasteiger partial charge in [0.2, 0.25) is 0 Å². The number of carbonyl (C=O) groups is 1. The number of benzene rings is 1. The molecule has 0 bridgehead atoms. The van der Waals surface area contributed by atoms with Crippen molar-refractivity contribution in [3.63, 3.8) is 0 Å². The first-order valence-electron chi connectivity index (χ1n) is 13.9. The van der Waals surface area contributed by atoms with E-state index in [1.54, 1.807) is 23.0 Å². The predicted octanol–water partition coefficient (Wildman–Crippen LogP) is 4.37. The molecular weight excluding hydrogens is 528 g/mol. The highest BCUT2D eigenvalue weighted by Crippen LogP contribution is 2.28. The SMILES string of the molecule is Cc1ncc(Cl)cc1C(=O)NC1CCC(Cn2c(=O)n(-c3cncc(N4CCOCC4)c3)c3ccccc32)CC1. The summed E-state index contributed by atoms with van der Waals surface area (Å²) in [5, 5.41) is 3.61. The molecule has 1 aliphatic heterocycles. The Morgan fingerprint density at radius 3 is 2.52 bits per heavy atom. The number of pyridine rings is 2. The minimum atomic E-state index is -0.136. The summed E-state index contributed by atoms with van der Waals surface area (Å²) in [5.41, 5.74) is 4.68. The molecule has 2 fully saturated rings. The van der Waals surface area contributed by atoms with Gasteiger partial charge < -0.3 is 15.0 Å². The number of imidazole rings is 1. The van der Waals surface area contributed by atoms with Crippen LogP contribution in [0.5, 0.6) is 0 Å². The molecule has 1 aliphatic carbocycles. The number of hydrogen-bond acceptors (Lipinski definition) is 6. The molecule has 10 heteroatoms. The van der Waals surface area contributed by atoms with E-state index in [4.69, 9.17) is 16.3 Å². The smallest absolute Gasteiger partial charge is 0.333 e. The van der Waals surface area contributed by atoms with Crippen LogP contribution in [0.1, 0.15) is 41.7 Å². The number of fused-ring (bicyclic) bond motifs is 1. The lowest BCUT2D eigenvalue weighted by Gasteiger charge is -2.29. The number of nitrogens with one attached hydrogen (secondary N) is 1. The number of anilines is 1. The Balaban J connectivity index is 1.18. The van der Waals surface area contributed by atoms with Crippen molar-refractivity contribution < 1.29 is 9.53 Å². The fourth-order valence-electron chi connectivity index (χ4n) is 5.92. The lowest BCUT2D eigenvalue weighted by molar-refractivity contribution is 0.0919. The minimum absolute atomic E-state index is 0.0542. The highest BCUT2D eigenvalue weighted by atomic mass is 35.5. The van der Waals surface area contributed by atoms with Crippen LogP contribution in [-0.4, -0.2) is 57.4 Å². The van der Waals surface area contributed by atoms with Crippen LogP contribution in [0, 0.1) is 12.8 Å². The van der Waals surface area contributed by atoms with Gasteiger partial charge in [0.05, 0.1) is 64.3 Å². The van der Waals surface area contributed by atoms with E-state index in [9.17, 15) is 9.59 Å². The normalized spacial score (nSPS) is 19.6. The number of halogens is 1. The van der Waals surface area contributed by atoms with E-state index in [-0.39, 0.29) is 17.6 Å². The fraction of sp³-hybridized carbons (Fsp3) is 0.400. The van der Waals surface area contributed by atoms with Gasteiger partial charge in [-0.05, 0) is 62.8 Å². The maximum absolute atomic E-state index is 13.9. The highest BCUT2D eigenvalue weighted by molar-refractivity contribution is 6.30. The third kappa shape index (κ3) is 5.36. The number of amides is 1. The summed E-state index contributed by atoms with van der Waals surface area (Å²) in [6.45, 7) is 5.44. The summed E-state index contributed by atoms with van der Waals surface area (Å²) in [4.78, 5) is 37.6. The van der Waals surface area contributed by atoms with Gasteiger partial charge in [-0.1, -0.05) is 23.7 Å².